The first-order chi connectivity index (χ1) is 9.06. The summed E-state index contributed by atoms with van der Waals surface area (Å²) >= 11 is 3.19. The molecule has 0 aromatic carbocycles. The lowest BCUT2D eigenvalue weighted by molar-refractivity contribution is -0.00615. The molecule has 1 aliphatic carbocycles. The van der Waals surface area contributed by atoms with E-state index in [9.17, 15) is 4.79 Å². The maximum Gasteiger partial charge on any atom is 0.374 e. The number of rotatable bonds is 4. The van der Waals surface area contributed by atoms with E-state index in [0.717, 1.165) is 25.8 Å². The second kappa shape index (κ2) is 6.57. The summed E-state index contributed by atoms with van der Waals surface area (Å²) in [6.07, 6.45) is 4.43. The number of hydrogen-bond donors (Lipinski definition) is 0. The van der Waals surface area contributed by atoms with Crippen molar-refractivity contribution in [1.29, 1.82) is 0 Å². The van der Waals surface area contributed by atoms with Crippen molar-refractivity contribution >= 4 is 21.9 Å². The van der Waals surface area contributed by atoms with Gasteiger partial charge in [-0.05, 0) is 61.4 Å². The Morgan fingerprint density at radius 2 is 2.16 bits per heavy atom. The summed E-state index contributed by atoms with van der Waals surface area (Å²) in [6.45, 7) is 0.958. The molecule has 0 radical (unpaired) electrons. The highest BCUT2D eigenvalue weighted by Crippen LogP contribution is 2.28. The van der Waals surface area contributed by atoms with Crippen LogP contribution in [0, 0.1) is 5.92 Å². The van der Waals surface area contributed by atoms with Gasteiger partial charge in [0.1, 0.15) is 6.10 Å². The average Bonchev–Trinajstić information content (AvgIpc) is 2.78. The minimum absolute atomic E-state index is 0.00697. The van der Waals surface area contributed by atoms with Crippen LogP contribution in [0.5, 0.6) is 0 Å². The smallest absolute Gasteiger partial charge is 0.374 e. The predicted octanol–water partition coefficient (Wildman–Crippen LogP) is 3.32. The van der Waals surface area contributed by atoms with Crippen LogP contribution in [-0.4, -0.2) is 37.6 Å². The first-order valence-electron chi connectivity index (χ1n) is 6.67. The van der Waals surface area contributed by atoms with E-state index >= 15 is 0 Å². The Morgan fingerprint density at radius 1 is 1.42 bits per heavy atom. The number of nitrogens with zero attached hydrogens (tertiary/aromatic N) is 1. The molecule has 0 bridgehead atoms. The summed E-state index contributed by atoms with van der Waals surface area (Å²) in [7, 11) is 4.11. The van der Waals surface area contributed by atoms with Crippen molar-refractivity contribution < 1.29 is 13.9 Å². The Kier molecular flexibility index (Phi) is 5.05. The molecular formula is C14H20BrNO3. The van der Waals surface area contributed by atoms with Gasteiger partial charge in [0.05, 0.1) is 0 Å². The van der Waals surface area contributed by atoms with Crippen LogP contribution in [0.1, 0.15) is 36.2 Å². The highest BCUT2D eigenvalue weighted by atomic mass is 79.9. The SMILES string of the molecule is CN(C)C[C@H]1CCCC[C@@H]1OC(=O)c1ccc(Br)o1. The van der Waals surface area contributed by atoms with E-state index in [0.29, 0.717) is 10.6 Å². The van der Waals surface area contributed by atoms with E-state index in [4.69, 9.17) is 9.15 Å². The lowest BCUT2D eigenvalue weighted by Crippen LogP contribution is -2.36. The van der Waals surface area contributed by atoms with Gasteiger partial charge in [-0.3, -0.25) is 0 Å². The van der Waals surface area contributed by atoms with Gasteiger partial charge in [-0.25, -0.2) is 4.79 Å². The van der Waals surface area contributed by atoms with Crippen LogP contribution in [-0.2, 0) is 4.74 Å². The van der Waals surface area contributed by atoms with Gasteiger partial charge < -0.3 is 14.1 Å². The maximum absolute atomic E-state index is 12.0. The largest absolute Gasteiger partial charge is 0.456 e. The molecule has 2 atom stereocenters. The first-order valence-corrected chi connectivity index (χ1v) is 7.46. The predicted molar refractivity (Wildman–Crippen MR) is 76.1 cm³/mol. The highest BCUT2D eigenvalue weighted by molar-refractivity contribution is 9.10. The van der Waals surface area contributed by atoms with Crippen LogP contribution in [0.25, 0.3) is 0 Å². The van der Waals surface area contributed by atoms with E-state index in [1.165, 1.54) is 6.42 Å². The second-order valence-corrected chi connectivity index (χ2v) is 6.14. The number of hydrogen-bond acceptors (Lipinski definition) is 4. The summed E-state index contributed by atoms with van der Waals surface area (Å²) in [6, 6.07) is 3.34. The third kappa shape index (κ3) is 4.08. The molecule has 1 saturated carbocycles. The molecule has 0 unspecified atom stereocenters. The molecule has 1 heterocycles. The van der Waals surface area contributed by atoms with Crippen molar-refractivity contribution in [2.24, 2.45) is 5.92 Å². The maximum atomic E-state index is 12.0. The number of esters is 1. The van der Waals surface area contributed by atoms with Gasteiger partial charge in [0.25, 0.3) is 0 Å². The lowest BCUT2D eigenvalue weighted by Gasteiger charge is -2.32. The number of halogens is 1. The van der Waals surface area contributed by atoms with Crippen molar-refractivity contribution in [2.75, 3.05) is 20.6 Å². The highest BCUT2D eigenvalue weighted by Gasteiger charge is 2.29. The van der Waals surface area contributed by atoms with E-state index in [-0.39, 0.29) is 17.8 Å². The van der Waals surface area contributed by atoms with Crippen molar-refractivity contribution in [1.82, 2.24) is 4.90 Å². The van der Waals surface area contributed by atoms with Gasteiger partial charge in [0.15, 0.2) is 4.67 Å². The fraction of sp³-hybridized carbons (Fsp3) is 0.643. The fourth-order valence-corrected chi connectivity index (χ4v) is 2.93. The van der Waals surface area contributed by atoms with Gasteiger partial charge in [-0.15, -0.1) is 0 Å². The molecule has 106 valence electrons. The number of carbonyl (C=O) groups is 1. The topological polar surface area (TPSA) is 42.7 Å². The van der Waals surface area contributed by atoms with Gasteiger partial charge in [-0.1, -0.05) is 6.42 Å². The van der Waals surface area contributed by atoms with E-state index < -0.39 is 0 Å². The van der Waals surface area contributed by atoms with Crippen LogP contribution >= 0.6 is 15.9 Å². The Balaban J connectivity index is 1.97. The molecule has 4 nitrogen and oxygen atoms in total. The average molecular weight is 330 g/mol. The minimum Gasteiger partial charge on any atom is -0.456 e. The molecule has 0 amide bonds. The summed E-state index contributed by atoms with van der Waals surface area (Å²) in [5, 5.41) is 0. The van der Waals surface area contributed by atoms with Crippen LogP contribution in [0.2, 0.25) is 0 Å². The Bertz CT molecular complexity index is 430. The van der Waals surface area contributed by atoms with Crippen LogP contribution < -0.4 is 0 Å². The number of carbonyl (C=O) groups excluding carboxylic acids is 1. The zero-order chi connectivity index (χ0) is 13.8. The third-order valence-corrected chi connectivity index (χ3v) is 3.90. The summed E-state index contributed by atoms with van der Waals surface area (Å²) in [5.41, 5.74) is 0. The van der Waals surface area contributed by atoms with Crippen molar-refractivity contribution in [3.05, 3.63) is 22.6 Å². The zero-order valence-electron chi connectivity index (χ0n) is 11.4. The molecule has 1 aromatic heterocycles. The zero-order valence-corrected chi connectivity index (χ0v) is 13.0. The third-order valence-electron chi connectivity index (χ3n) is 3.47. The van der Waals surface area contributed by atoms with Crippen LogP contribution in [0.15, 0.2) is 21.2 Å². The summed E-state index contributed by atoms with van der Waals surface area (Å²) in [5.74, 6) is 0.327. The Hall–Kier alpha value is -0.810. The lowest BCUT2D eigenvalue weighted by atomic mass is 9.86. The summed E-state index contributed by atoms with van der Waals surface area (Å²) < 4.78 is 11.4. The number of ether oxygens (including phenoxy) is 1. The molecule has 0 spiro atoms. The van der Waals surface area contributed by atoms with Crippen molar-refractivity contribution in [3.8, 4) is 0 Å². The molecule has 1 aliphatic rings. The van der Waals surface area contributed by atoms with Gasteiger partial charge in [0.2, 0.25) is 5.76 Å². The second-order valence-electron chi connectivity index (χ2n) is 5.35. The van der Waals surface area contributed by atoms with Gasteiger partial charge in [0, 0.05) is 12.5 Å². The fourth-order valence-electron chi connectivity index (χ4n) is 2.63. The number of furan rings is 1. The van der Waals surface area contributed by atoms with E-state index in [1.807, 2.05) is 0 Å². The van der Waals surface area contributed by atoms with Crippen LogP contribution in [0.3, 0.4) is 0 Å². The molecular weight excluding hydrogens is 310 g/mol. The summed E-state index contributed by atoms with van der Waals surface area (Å²) in [4.78, 5) is 14.2. The van der Waals surface area contributed by atoms with Gasteiger partial charge >= 0.3 is 5.97 Å². The van der Waals surface area contributed by atoms with Crippen molar-refractivity contribution in [2.45, 2.75) is 31.8 Å². The Labute approximate surface area is 122 Å². The minimum atomic E-state index is -0.360. The van der Waals surface area contributed by atoms with Crippen molar-refractivity contribution in [3.63, 3.8) is 0 Å². The monoisotopic (exact) mass is 329 g/mol. The van der Waals surface area contributed by atoms with E-state index in [1.54, 1.807) is 12.1 Å². The molecule has 5 heteroatoms. The van der Waals surface area contributed by atoms with E-state index in [2.05, 4.69) is 34.9 Å². The Morgan fingerprint density at radius 3 is 2.79 bits per heavy atom. The molecule has 2 rings (SSSR count). The first kappa shape index (κ1) is 14.6. The molecule has 1 fully saturated rings. The molecule has 0 saturated heterocycles. The molecule has 0 aliphatic heterocycles. The normalized spacial score (nSPS) is 23.6. The van der Waals surface area contributed by atoms with Gasteiger partial charge in [-0.2, -0.15) is 0 Å². The standard InChI is InChI=1S/C14H20BrNO3/c1-16(2)9-10-5-3-4-6-11(10)19-14(17)12-7-8-13(15)18-12/h7-8,10-11H,3-6,9H2,1-2H3/t10-,11+/m1/s1. The van der Waals surface area contributed by atoms with Crippen LogP contribution in [0.4, 0.5) is 0 Å². The molecule has 0 N–H and O–H groups in total. The quantitative estimate of drug-likeness (QED) is 0.795. The molecule has 1 aromatic rings. The molecule has 19 heavy (non-hydrogen) atoms.